The fourth-order valence-corrected chi connectivity index (χ4v) is 1.76. The second-order valence-corrected chi connectivity index (χ2v) is 4.40. The van der Waals surface area contributed by atoms with E-state index < -0.39 is 4.92 Å². The maximum absolute atomic E-state index is 10.6. The summed E-state index contributed by atoms with van der Waals surface area (Å²) >= 11 is 5.14. The molecule has 0 aliphatic carbocycles. The highest BCUT2D eigenvalue weighted by Gasteiger charge is 2.04. The molecule has 0 fully saturated rings. The molecule has 1 aromatic heterocycles. The van der Waals surface area contributed by atoms with Gasteiger partial charge in [0, 0.05) is 31.1 Å². The van der Waals surface area contributed by atoms with Crippen LogP contribution < -0.4 is 10.8 Å². The highest BCUT2D eigenvalue weighted by atomic mass is 32.1. The van der Waals surface area contributed by atoms with E-state index in [0.29, 0.717) is 16.3 Å². The van der Waals surface area contributed by atoms with Gasteiger partial charge in [0.05, 0.1) is 4.92 Å². The van der Waals surface area contributed by atoms with Gasteiger partial charge in [-0.2, -0.15) is 0 Å². The number of hydrogen-bond acceptors (Lipinski definition) is 3. The number of hydrogen-bond donors (Lipinski definition) is 1. The first-order valence-corrected chi connectivity index (χ1v) is 6.19. The van der Waals surface area contributed by atoms with Crippen LogP contribution in [0.2, 0.25) is 0 Å². The Bertz CT molecular complexity index is 707. The Morgan fingerprint density at radius 2 is 2.00 bits per heavy atom. The molecule has 0 aliphatic heterocycles. The van der Waals surface area contributed by atoms with E-state index in [2.05, 4.69) is 10.3 Å². The predicted octanol–water partition coefficient (Wildman–Crippen LogP) is 2.23. The molecule has 1 heterocycles. The summed E-state index contributed by atoms with van der Waals surface area (Å²) in [7, 11) is 1.87. The zero-order valence-electron chi connectivity index (χ0n) is 10.7. The number of anilines is 1. The smallest absolute Gasteiger partial charge is 0.269 e. The summed E-state index contributed by atoms with van der Waals surface area (Å²) in [6, 6.07) is 11.6. The van der Waals surface area contributed by atoms with Crippen LogP contribution in [-0.4, -0.2) is 14.6 Å². The van der Waals surface area contributed by atoms with Crippen LogP contribution in [0, 0.1) is 10.1 Å². The van der Waals surface area contributed by atoms with E-state index in [9.17, 15) is 10.1 Å². The third-order valence-corrected chi connectivity index (χ3v) is 2.77. The average Bonchev–Trinajstić information content (AvgIpc) is 2.42. The summed E-state index contributed by atoms with van der Waals surface area (Å²) in [5.74, 6) is 0. The van der Waals surface area contributed by atoms with Crippen LogP contribution in [0.25, 0.3) is 0 Å². The number of nitro groups is 1. The molecular formula is C13H12N4O2S. The Kier molecular flexibility index (Phi) is 4.21. The lowest BCUT2D eigenvalue weighted by Gasteiger charge is -2.04. The van der Waals surface area contributed by atoms with Crippen molar-refractivity contribution in [1.29, 1.82) is 0 Å². The van der Waals surface area contributed by atoms with Crippen molar-refractivity contribution in [3.63, 3.8) is 0 Å². The van der Waals surface area contributed by atoms with E-state index in [0.717, 1.165) is 0 Å². The van der Waals surface area contributed by atoms with E-state index >= 15 is 0 Å². The molecule has 0 saturated heterocycles. The van der Waals surface area contributed by atoms with Gasteiger partial charge in [0.2, 0.25) is 0 Å². The summed E-state index contributed by atoms with van der Waals surface area (Å²) in [4.78, 5) is 14.4. The van der Waals surface area contributed by atoms with Crippen LogP contribution in [0.15, 0.2) is 53.7 Å². The van der Waals surface area contributed by atoms with E-state index in [-0.39, 0.29) is 5.69 Å². The predicted molar refractivity (Wildman–Crippen MR) is 80.3 cm³/mol. The summed E-state index contributed by atoms with van der Waals surface area (Å²) in [5, 5.41) is 13.8. The van der Waals surface area contributed by atoms with Crippen molar-refractivity contribution in [3.8, 4) is 0 Å². The number of nitro benzene ring substituents is 1. The molecule has 2 rings (SSSR count). The maximum Gasteiger partial charge on any atom is 0.269 e. The third-order valence-electron chi connectivity index (χ3n) is 2.57. The minimum atomic E-state index is -0.448. The van der Waals surface area contributed by atoms with Crippen molar-refractivity contribution in [2.75, 3.05) is 5.32 Å². The van der Waals surface area contributed by atoms with Gasteiger partial charge < -0.3 is 9.88 Å². The molecule has 0 unspecified atom stereocenters. The van der Waals surface area contributed by atoms with Crippen LogP contribution in [0.4, 0.5) is 11.4 Å². The third kappa shape index (κ3) is 3.48. The maximum atomic E-state index is 10.6. The Morgan fingerprint density at radius 3 is 2.60 bits per heavy atom. The second kappa shape index (κ2) is 6.07. The second-order valence-electron chi connectivity index (χ2n) is 4.02. The fraction of sp³-hybridized carbons (Fsp3) is 0.0769. The summed E-state index contributed by atoms with van der Waals surface area (Å²) in [6.07, 6.45) is 1.87. The van der Waals surface area contributed by atoms with Crippen LogP contribution in [-0.2, 0) is 7.05 Å². The molecule has 0 saturated carbocycles. The molecular weight excluding hydrogens is 276 g/mol. The topological polar surface area (TPSA) is 72.5 Å². The van der Waals surface area contributed by atoms with Crippen LogP contribution in [0.5, 0.6) is 0 Å². The number of non-ortho nitro benzene ring substituents is 1. The number of thiocarbonyl (C=S) groups is 1. The Labute approximate surface area is 120 Å². The molecule has 0 spiro atoms. The lowest BCUT2D eigenvalue weighted by Crippen LogP contribution is -2.20. The van der Waals surface area contributed by atoms with Gasteiger partial charge in [0.25, 0.3) is 5.69 Å². The molecule has 1 N–H and O–H groups in total. The summed E-state index contributed by atoms with van der Waals surface area (Å²) in [5.41, 5.74) is 1.41. The lowest BCUT2D eigenvalue weighted by atomic mass is 10.3. The van der Waals surface area contributed by atoms with Crippen molar-refractivity contribution < 1.29 is 4.92 Å². The number of nitrogens with zero attached hydrogens (tertiary/aromatic N) is 3. The van der Waals surface area contributed by atoms with Crippen LogP contribution in [0.3, 0.4) is 0 Å². The molecule has 0 radical (unpaired) electrons. The van der Waals surface area contributed by atoms with Gasteiger partial charge in [-0.25, -0.2) is 4.99 Å². The zero-order valence-corrected chi connectivity index (χ0v) is 11.5. The Hall–Kier alpha value is -2.54. The summed E-state index contributed by atoms with van der Waals surface area (Å²) < 4.78 is 1.84. The highest BCUT2D eigenvalue weighted by molar-refractivity contribution is 7.80. The molecule has 1 aromatic carbocycles. The molecule has 6 nitrogen and oxygen atoms in total. The van der Waals surface area contributed by atoms with Crippen LogP contribution >= 0.6 is 12.2 Å². The molecule has 0 bridgehead atoms. The normalized spacial score (nSPS) is 11.2. The SMILES string of the molecule is Cn1ccccc1=NC(=S)Nc1ccc([N+](=O)[O-])cc1. The zero-order chi connectivity index (χ0) is 14.5. The van der Waals surface area contributed by atoms with Crippen molar-refractivity contribution in [1.82, 2.24) is 4.57 Å². The van der Waals surface area contributed by atoms with Crippen molar-refractivity contribution in [2.45, 2.75) is 0 Å². The van der Waals surface area contributed by atoms with Gasteiger partial charge in [-0.05, 0) is 36.5 Å². The first kappa shape index (κ1) is 13.9. The van der Waals surface area contributed by atoms with E-state index in [1.807, 2.05) is 36.0 Å². The Morgan fingerprint density at radius 1 is 1.30 bits per heavy atom. The van der Waals surface area contributed by atoms with E-state index in [4.69, 9.17) is 12.2 Å². The number of rotatable bonds is 2. The minimum Gasteiger partial charge on any atom is -0.336 e. The molecule has 0 atom stereocenters. The summed E-state index contributed by atoms with van der Waals surface area (Å²) in [6.45, 7) is 0. The Balaban J connectivity index is 2.14. The number of benzene rings is 1. The highest BCUT2D eigenvalue weighted by Crippen LogP contribution is 2.15. The largest absolute Gasteiger partial charge is 0.336 e. The van der Waals surface area contributed by atoms with Gasteiger partial charge in [0.1, 0.15) is 5.49 Å². The molecule has 0 amide bonds. The quantitative estimate of drug-likeness (QED) is 0.522. The molecule has 7 heteroatoms. The van der Waals surface area contributed by atoms with Gasteiger partial charge in [-0.1, -0.05) is 6.07 Å². The molecule has 20 heavy (non-hydrogen) atoms. The lowest BCUT2D eigenvalue weighted by molar-refractivity contribution is -0.384. The van der Waals surface area contributed by atoms with Gasteiger partial charge in [0.15, 0.2) is 5.11 Å². The number of nitrogens with one attached hydrogen (secondary N) is 1. The van der Waals surface area contributed by atoms with Crippen molar-refractivity contribution in [3.05, 3.63) is 64.3 Å². The molecule has 2 aromatic rings. The van der Waals surface area contributed by atoms with Crippen molar-refractivity contribution in [2.24, 2.45) is 12.0 Å². The standard InChI is InChI=1S/C13H12N4O2S/c1-16-9-3-2-4-12(16)15-13(20)14-10-5-7-11(8-6-10)17(18)19/h2-9H,1H3,(H,14,20). The van der Waals surface area contributed by atoms with Gasteiger partial charge in [-0.15, -0.1) is 0 Å². The number of pyridine rings is 1. The van der Waals surface area contributed by atoms with Gasteiger partial charge in [-0.3, -0.25) is 10.1 Å². The first-order valence-electron chi connectivity index (χ1n) is 5.78. The number of aromatic nitrogens is 1. The first-order chi connectivity index (χ1) is 9.56. The van der Waals surface area contributed by atoms with E-state index in [1.165, 1.54) is 12.1 Å². The minimum absolute atomic E-state index is 0.0351. The van der Waals surface area contributed by atoms with Crippen molar-refractivity contribution >= 4 is 28.7 Å². The fourth-order valence-electron chi connectivity index (χ4n) is 1.55. The van der Waals surface area contributed by atoms with E-state index in [1.54, 1.807) is 12.1 Å². The molecule has 102 valence electrons. The average molecular weight is 288 g/mol. The monoisotopic (exact) mass is 288 g/mol. The molecule has 0 aliphatic rings. The van der Waals surface area contributed by atoms with Gasteiger partial charge >= 0.3 is 0 Å². The number of aryl methyl sites for hydroxylation is 1. The van der Waals surface area contributed by atoms with Crippen LogP contribution in [0.1, 0.15) is 0 Å².